The number of aryl methyl sites for hydroxylation is 2. The molecule has 0 amide bonds. The van der Waals surface area contributed by atoms with E-state index in [-0.39, 0.29) is 11.0 Å². The maximum absolute atomic E-state index is 13.1. The van der Waals surface area contributed by atoms with Gasteiger partial charge in [0.05, 0.1) is 35.7 Å². The monoisotopic (exact) mass is 684 g/mol. The number of thioether (sulfide) groups is 2. The first-order chi connectivity index (χ1) is 21.2. The maximum Gasteiger partial charge on any atom is 0.407 e. The van der Waals surface area contributed by atoms with Crippen LogP contribution < -0.4 is 0 Å². The van der Waals surface area contributed by atoms with Crippen molar-refractivity contribution >= 4 is 56.7 Å². The number of hydrogen-bond donors (Lipinski definition) is 4. The molecule has 2 atom stereocenters. The van der Waals surface area contributed by atoms with Crippen molar-refractivity contribution in [2.75, 3.05) is 23.0 Å². The van der Waals surface area contributed by atoms with Crippen LogP contribution in [0.3, 0.4) is 0 Å². The van der Waals surface area contributed by atoms with Crippen LogP contribution in [-0.2, 0) is 23.6 Å². The molecule has 46 heavy (non-hydrogen) atoms. The summed E-state index contributed by atoms with van der Waals surface area (Å²) in [5.74, 6) is 2.52. The molecule has 0 spiro atoms. The minimum absolute atomic E-state index is 0.277. The van der Waals surface area contributed by atoms with Crippen LogP contribution in [0.25, 0.3) is 31.5 Å². The minimum Gasteiger partial charge on any atom is -0.383 e. The molecule has 248 valence electrons. The third-order valence-corrected chi connectivity index (χ3v) is 9.80. The highest BCUT2D eigenvalue weighted by molar-refractivity contribution is 7.99. The van der Waals surface area contributed by atoms with Crippen LogP contribution in [0, 0.1) is 27.0 Å². The molecule has 4 rings (SSSR count). The van der Waals surface area contributed by atoms with Gasteiger partial charge in [-0.2, -0.15) is 49.9 Å². The van der Waals surface area contributed by atoms with E-state index in [1.54, 1.807) is 51.2 Å². The number of alkyl halides is 6. The van der Waals surface area contributed by atoms with E-state index in [1.807, 2.05) is 13.8 Å². The van der Waals surface area contributed by atoms with Crippen LogP contribution in [0.1, 0.15) is 61.3 Å². The lowest BCUT2D eigenvalue weighted by atomic mass is 9.99. The summed E-state index contributed by atoms with van der Waals surface area (Å²) < 4.78 is 78.4. The molecular weight excluding hydrogens is 651 g/mol. The molecule has 0 aliphatic heterocycles. The largest absolute Gasteiger partial charge is 0.407 e. The Kier molecular flexibility index (Phi) is 11.2. The van der Waals surface area contributed by atoms with Crippen molar-refractivity contribution in [1.29, 1.82) is 0 Å². The van der Waals surface area contributed by atoms with Crippen molar-refractivity contribution in [2.24, 2.45) is 0 Å². The molecule has 2 heterocycles. The summed E-state index contributed by atoms with van der Waals surface area (Å²) in [7, 11) is 0. The number of aromatic nitrogens is 2. The van der Waals surface area contributed by atoms with E-state index in [9.17, 15) is 36.6 Å². The lowest BCUT2D eigenvalue weighted by Gasteiger charge is -2.22. The first-order valence-electron chi connectivity index (χ1n) is 14.1. The molecule has 0 saturated heterocycles. The van der Waals surface area contributed by atoms with E-state index in [2.05, 4.69) is 19.7 Å². The smallest absolute Gasteiger partial charge is 0.383 e. The van der Waals surface area contributed by atoms with Gasteiger partial charge in [-0.25, -0.2) is 9.69 Å². The fourth-order valence-corrected chi connectivity index (χ4v) is 6.68. The zero-order chi connectivity index (χ0) is 34.8. The predicted octanol–water partition coefficient (Wildman–Crippen LogP) is 10.0. The molecular formula is C32H34F6N4O2S2. The van der Waals surface area contributed by atoms with Crippen LogP contribution in [0.2, 0.25) is 0 Å². The number of benzene rings is 2. The van der Waals surface area contributed by atoms with Gasteiger partial charge < -0.3 is 20.2 Å². The normalized spacial score (nSPS) is 14.7. The van der Waals surface area contributed by atoms with Crippen molar-refractivity contribution in [3.63, 3.8) is 0 Å². The van der Waals surface area contributed by atoms with Crippen LogP contribution in [0.15, 0.2) is 24.3 Å². The van der Waals surface area contributed by atoms with Crippen molar-refractivity contribution in [1.82, 2.24) is 9.97 Å². The molecule has 0 saturated carbocycles. The second kappa shape index (κ2) is 13.8. The van der Waals surface area contributed by atoms with E-state index in [4.69, 9.17) is 13.1 Å². The second-order valence-corrected chi connectivity index (χ2v) is 13.7. The Morgan fingerprint density at radius 2 is 1.00 bits per heavy atom. The van der Waals surface area contributed by atoms with Gasteiger partial charge in [-0.3, -0.25) is 0 Å². The minimum atomic E-state index is -4.59. The zero-order valence-corrected chi connectivity index (χ0v) is 27.6. The summed E-state index contributed by atoms with van der Waals surface area (Å²) in [6.07, 6.45) is -9.18. The van der Waals surface area contributed by atoms with Crippen LogP contribution >= 0.6 is 23.5 Å². The number of aliphatic hydroxyl groups is 2. The molecule has 0 aliphatic rings. The molecule has 2 unspecified atom stereocenters. The molecule has 2 aromatic heterocycles. The first-order valence-corrected chi connectivity index (χ1v) is 16.4. The molecule has 2 aromatic carbocycles. The van der Waals surface area contributed by atoms with Gasteiger partial charge in [-0.1, -0.05) is 13.8 Å². The van der Waals surface area contributed by atoms with Crippen molar-refractivity contribution in [3.8, 4) is 0 Å². The lowest BCUT2D eigenvalue weighted by Crippen LogP contribution is -2.26. The molecule has 0 radical (unpaired) electrons. The van der Waals surface area contributed by atoms with Crippen molar-refractivity contribution in [3.05, 3.63) is 80.7 Å². The summed E-state index contributed by atoms with van der Waals surface area (Å²) >= 11 is 3.09. The highest BCUT2D eigenvalue weighted by atomic mass is 32.2. The molecule has 4 aromatic rings. The van der Waals surface area contributed by atoms with E-state index < -0.39 is 46.1 Å². The second-order valence-electron chi connectivity index (χ2n) is 11.1. The molecule has 14 heteroatoms. The standard InChI is InChI=1S/2C16H17F3N2OS/c2*1-5-23-8-15(3,22)14-9(2)10-6-13(20-4)11(16(17,18)19)7-12(10)21-14/h2*6-7,21-22H,5,8H2,1-3H3. The van der Waals surface area contributed by atoms with Gasteiger partial charge in [-0.15, -0.1) is 0 Å². The molecule has 4 N–H and O–H groups in total. The van der Waals surface area contributed by atoms with E-state index in [0.29, 0.717) is 44.8 Å². The number of nitrogens with one attached hydrogen (secondary N) is 2. The highest BCUT2D eigenvalue weighted by Crippen LogP contribution is 2.43. The average molecular weight is 685 g/mol. The van der Waals surface area contributed by atoms with Crippen LogP contribution in [0.4, 0.5) is 37.7 Å². The Balaban J connectivity index is 0.000000250. The van der Waals surface area contributed by atoms with E-state index in [0.717, 1.165) is 23.6 Å². The molecule has 0 aliphatic carbocycles. The van der Waals surface area contributed by atoms with Crippen LogP contribution in [-0.4, -0.2) is 43.2 Å². The number of aromatic amines is 2. The maximum atomic E-state index is 13.1. The number of rotatable bonds is 8. The number of H-pyrrole nitrogens is 2. The lowest BCUT2D eigenvalue weighted by molar-refractivity contribution is -0.137. The molecule has 6 nitrogen and oxygen atoms in total. The Morgan fingerprint density at radius 1 is 0.674 bits per heavy atom. The quantitative estimate of drug-likeness (QED) is 0.110. The van der Waals surface area contributed by atoms with Gasteiger partial charge in [0, 0.05) is 22.5 Å². The Labute approximate surface area is 271 Å². The zero-order valence-electron chi connectivity index (χ0n) is 26.0. The van der Waals surface area contributed by atoms with Gasteiger partial charge in [0.15, 0.2) is 11.4 Å². The average Bonchev–Trinajstić information content (AvgIpc) is 3.49. The van der Waals surface area contributed by atoms with Gasteiger partial charge >= 0.3 is 12.4 Å². The Hall–Kier alpha value is -3.30. The SMILES string of the molecule is [C-]#[N+]c1cc2c(C)c(C(C)(O)CSCC)[nH]c2cc1C(F)(F)F.[C-]#[N+]c1cc2c(C)c(C(C)(O)CSCC)[nH]c2cc1C(F)(F)F. The summed E-state index contributed by atoms with van der Waals surface area (Å²) in [5, 5.41) is 22.3. The van der Waals surface area contributed by atoms with Gasteiger partial charge in [0.25, 0.3) is 0 Å². The van der Waals surface area contributed by atoms with Gasteiger partial charge in [0.1, 0.15) is 11.2 Å². The number of hydrogen-bond acceptors (Lipinski definition) is 4. The fourth-order valence-electron chi connectivity index (χ4n) is 5.19. The first kappa shape index (κ1) is 37.2. The number of nitrogens with zero attached hydrogens (tertiary/aromatic N) is 2. The Bertz CT molecular complexity index is 1680. The van der Waals surface area contributed by atoms with Crippen molar-refractivity contribution in [2.45, 2.75) is 65.1 Å². The van der Waals surface area contributed by atoms with Gasteiger partial charge in [-0.05, 0) is 85.4 Å². The van der Waals surface area contributed by atoms with Gasteiger partial charge in [0.2, 0.25) is 0 Å². The summed E-state index contributed by atoms with van der Waals surface area (Å²) in [6, 6.07) is 4.37. The van der Waals surface area contributed by atoms with Crippen molar-refractivity contribution < 1.29 is 36.6 Å². The molecule has 0 fully saturated rings. The van der Waals surface area contributed by atoms with E-state index in [1.165, 1.54) is 12.1 Å². The van der Waals surface area contributed by atoms with Crippen LogP contribution in [0.5, 0.6) is 0 Å². The third-order valence-electron chi connectivity index (χ3n) is 7.45. The fraction of sp³-hybridized carbons (Fsp3) is 0.438. The summed E-state index contributed by atoms with van der Waals surface area (Å²) in [5.41, 5.74) is -2.28. The number of fused-ring (bicyclic) bond motifs is 2. The highest BCUT2D eigenvalue weighted by Gasteiger charge is 2.36. The third kappa shape index (κ3) is 7.80. The Morgan fingerprint density at radius 3 is 1.26 bits per heavy atom. The predicted molar refractivity (Wildman–Crippen MR) is 174 cm³/mol. The molecule has 0 bridgehead atoms. The topological polar surface area (TPSA) is 80.8 Å². The number of halogens is 6. The van der Waals surface area contributed by atoms with E-state index >= 15 is 0 Å². The summed E-state index contributed by atoms with van der Waals surface area (Å²) in [4.78, 5) is 11.8. The summed E-state index contributed by atoms with van der Waals surface area (Å²) in [6.45, 7) is 24.7.